The van der Waals surface area contributed by atoms with Gasteiger partial charge in [-0.1, -0.05) is 43.7 Å². The van der Waals surface area contributed by atoms with Crippen LogP contribution in [0.25, 0.3) is 0 Å². The summed E-state index contributed by atoms with van der Waals surface area (Å²) in [5, 5.41) is 0. The molecular weight excluding hydrogens is 264 g/mol. The molecule has 0 fully saturated rings. The van der Waals surface area contributed by atoms with Gasteiger partial charge in [-0.15, -0.1) is 0 Å². The van der Waals surface area contributed by atoms with Crippen molar-refractivity contribution in [1.82, 2.24) is 0 Å². The molecule has 0 saturated heterocycles. The van der Waals surface area contributed by atoms with E-state index in [1.807, 2.05) is 19.9 Å². The van der Waals surface area contributed by atoms with Crippen LogP contribution in [-0.4, -0.2) is 32.7 Å². The fourth-order valence-corrected chi connectivity index (χ4v) is 2.73. The van der Waals surface area contributed by atoms with E-state index in [2.05, 4.69) is 31.2 Å². The Labute approximate surface area is 129 Å². The van der Waals surface area contributed by atoms with E-state index < -0.39 is 0 Å². The van der Waals surface area contributed by atoms with E-state index in [4.69, 9.17) is 14.2 Å². The normalized spacial score (nSPS) is 14.3. The standard InChI is InChI=1S/C18H30O3/c1-5-11-17(19-4)16(15-12-9-8-10-13-15)14-18(20-6-2)21-7-3/h8-10,12-13,16-18H,5-7,11,14H2,1-4H3. The number of benzene rings is 1. The van der Waals surface area contributed by atoms with Crippen molar-refractivity contribution in [1.29, 1.82) is 0 Å². The van der Waals surface area contributed by atoms with Gasteiger partial charge in [-0.2, -0.15) is 0 Å². The highest BCUT2D eigenvalue weighted by Gasteiger charge is 2.26. The summed E-state index contributed by atoms with van der Waals surface area (Å²) in [4.78, 5) is 0. The summed E-state index contributed by atoms with van der Waals surface area (Å²) in [7, 11) is 1.80. The molecule has 2 unspecified atom stereocenters. The molecular formula is C18H30O3. The monoisotopic (exact) mass is 294 g/mol. The first kappa shape index (κ1) is 18.1. The SMILES string of the molecule is CCCC(OC)C(CC(OCC)OCC)c1ccccc1. The maximum atomic E-state index is 5.75. The lowest BCUT2D eigenvalue weighted by atomic mass is 9.87. The second-order valence-corrected chi connectivity index (χ2v) is 5.16. The Morgan fingerprint density at radius 3 is 2.05 bits per heavy atom. The highest BCUT2D eigenvalue weighted by molar-refractivity contribution is 5.21. The van der Waals surface area contributed by atoms with Crippen LogP contribution in [0.3, 0.4) is 0 Å². The van der Waals surface area contributed by atoms with Crippen molar-refractivity contribution < 1.29 is 14.2 Å². The van der Waals surface area contributed by atoms with E-state index in [9.17, 15) is 0 Å². The number of hydrogen-bond donors (Lipinski definition) is 0. The minimum atomic E-state index is -0.167. The number of hydrogen-bond acceptors (Lipinski definition) is 3. The molecule has 0 aliphatic carbocycles. The van der Waals surface area contributed by atoms with E-state index in [0.29, 0.717) is 19.1 Å². The van der Waals surface area contributed by atoms with Crippen LogP contribution in [0.4, 0.5) is 0 Å². The molecule has 0 aromatic heterocycles. The minimum Gasteiger partial charge on any atom is -0.381 e. The highest BCUT2D eigenvalue weighted by Crippen LogP contribution is 2.30. The third kappa shape index (κ3) is 6.16. The predicted octanol–water partition coefficient (Wildman–Crippen LogP) is 4.37. The minimum absolute atomic E-state index is 0.167. The van der Waals surface area contributed by atoms with Crippen LogP contribution < -0.4 is 0 Å². The maximum Gasteiger partial charge on any atom is 0.158 e. The molecule has 2 atom stereocenters. The van der Waals surface area contributed by atoms with Crippen LogP contribution >= 0.6 is 0 Å². The molecule has 0 radical (unpaired) electrons. The molecule has 1 aromatic carbocycles. The van der Waals surface area contributed by atoms with Crippen molar-refractivity contribution in [3.63, 3.8) is 0 Å². The van der Waals surface area contributed by atoms with Gasteiger partial charge >= 0.3 is 0 Å². The van der Waals surface area contributed by atoms with Gasteiger partial charge in [0.15, 0.2) is 6.29 Å². The highest BCUT2D eigenvalue weighted by atomic mass is 16.7. The number of ether oxygens (including phenoxy) is 3. The van der Waals surface area contributed by atoms with Gasteiger partial charge < -0.3 is 14.2 Å². The van der Waals surface area contributed by atoms with Gasteiger partial charge in [0.2, 0.25) is 0 Å². The van der Waals surface area contributed by atoms with Gasteiger partial charge in [0.25, 0.3) is 0 Å². The number of rotatable bonds is 11. The van der Waals surface area contributed by atoms with E-state index in [0.717, 1.165) is 19.3 Å². The van der Waals surface area contributed by atoms with Gasteiger partial charge in [0.05, 0.1) is 6.10 Å². The summed E-state index contributed by atoms with van der Waals surface area (Å²) >= 11 is 0. The second kappa shape index (κ2) is 10.8. The Balaban J connectivity index is 2.89. The molecule has 3 nitrogen and oxygen atoms in total. The summed E-state index contributed by atoms with van der Waals surface area (Å²) in [5.41, 5.74) is 1.29. The van der Waals surface area contributed by atoms with Crippen LogP contribution in [0.15, 0.2) is 30.3 Å². The Bertz CT molecular complexity index is 347. The van der Waals surface area contributed by atoms with Gasteiger partial charge in [-0.25, -0.2) is 0 Å². The first-order chi connectivity index (χ1) is 10.3. The molecule has 0 N–H and O–H groups in total. The third-order valence-corrected chi connectivity index (χ3v) is 3.70. The van der Waals surface area contributed by atoms with E-state index in [-0.39, 0.29) is 12.4 Å². The van der Waals surface area contributed by atoms with Crippen LogP contribution in [0, 0.1) is 0 Å². The zero-order chi connectivity index (χ0) is 15.5. The van der Waals surface area contributed by atoms with E-state index in [1.165, 1.54) is 5.56 Å². The Morgan fingerprint density at radius 2 is 1.57 bits per heavy atom. The van der Waals surface area contributed by atoms with Crippen molar-refractivity contribution in [2.75, 3.05) is 20.3 Å². The molecule has 120 valence electrons. The molecule has 1 aromatic rings. The third-order valence-electron chi connectivity index (χ3n) is 3.70. The molecule has 21 heavy (non-hydrogen) atoms. The lowest BCUT2D eigenvalue weighted by Gasteiger charge is -2.29. The Morgan fingerprint density at radius 1 is 0.952 bits per heavy atom. The fourth-order valence-electron chi connectivity index (χ4n) is 2.73. The smallest absolute Gasteiger partial charge is 0.158 e. The zero-order valence-corrected chi connectivity index (χ0v) is 13.9. The van der Waals surface area contributed by atoms with Crippen molar-refractivity contribution in [2.45, 2.75) is 58.3 Å². The van der Waals surface area contributed by atoms with Gasteiger partial charge in [0, 0.05) is 32.7 Å². The summed E-state index contributed by atoms with van der Waals surface area (Å²) in [6.45, 7) is 7.53. The molecule has 0 spiro atoms. The molecule has 0 amide bonds. The van der Waals surface area contributed by atoms with Crippen molar-refractivity contribution in [2.24, 2.45) is 0 Å². The average molecular weight is 294 g/mol. The first-order valence-electron chi connectivity index (χ1n) is 8.07. The topological polar surface area (TPSA) is 27.7 Å². The lowest BCUT2D eigenvalue weighted by molar-refractivity contribution is -0.147. The largest absolute Gasteiger partial charge is 0.381 e. The Hall–Kier alpha value is -0.900. The van der Waals surface area contributed by atoms with Crippen molar-refractivity contribution >= 4 is 0 Å². The zero-order valence-electron chi connectivity index (χ0n) is 13.9. The van der Waals surface area contributed by atoms with Gasteiger partial charge in [0.1, 0.15) is 0 Å². The average Bonchev–Trinajstić information content (AvgIpc) is 2.52. The maximum absolute atomic E-state index is 5.75. The summed E-state index contributed by atoms with van der Waals surface area (Å²) in [6.07, 6.45) is 3.00. The molecule has 0 aliphatic heterocycles. The number of methoxy groups -OCH3 is 1. The van der Waals surface area contributed by atoms with Crippen LogP contribution in [0.1, 0.15) is 51.5 Å². The summed E-state index contributed by atoms with van der Waals surface area (Å²) in [6, 6.07) is 10.5. The first-order valence-corrected chi connectivity index (χ1v) is 8.07. The van der Waals surface area contributed by atoms with Gasteiger partial charge in [-0.3, -0.25) is 0 Å². The van der Waals surface area contributed by atoms with Crippen molar-refractivity contribution in [3.05, 3.63) is 35.9 Å². The van der Waals surface area contributed by atoms with Crippen LogP contribution in [0.5, 0.6) is 0 Å². The molecule has 0 aliphatic rings. The van der Waals surface area contributed by atoms with E-state index in [1.54, 1.807) is 7.11 Å². The second-order valence-electron chi connectivity index (χ2n) is 5.16. The lowest BCUT2D eigenvalue weighted by Crippen LogP contribution is -2.28. The molecule has 0 bridgehead atoms. The quantitative estimate of drug-likeness (QED) is 0.567. The van der Waals surface area contributed by atoms with Gasteiger partial charge in [-0.05, 0) is 25.8 Å². The summed E-state index contributed by atoms with van der Waals surface area (Å²) < 4.78 is 17.2. The Kier molecular flexibility index (Phi) is 9.31. The molecule has 0 saturated carbocycles. The molecule has 1 rings (SSSR count). The molecule has 0 heterocycles. The fraction of sp³-hybridized carbons (Fsp3) is 0.667. The summed E-state index contributed by atoms with van der Waals surface area (Å²) in [5.74, 6) is 0.291. The molecule has 3 heteroatoms. The predicted molar refractivity (Wildman–Crippen MR) is 86.5 cm³/mol. The van der Waals surface area contributed by atoms with Crippen LogP contribution in [0.2, 0.25) is 0 Å². The van der Waals surface area contributed by atoms with Crippen molar-refractivity contribution in [3.8, 4) is 0 Å². The van der Waals surface area contributed by atoms with Crippen LogP contribution in [-0.2, 0) is 14.2 Å². The van der Waals surface area contributed by atoms with E-state index >= 15 is 0 Å².